The van der Waals surface area contributed by atoms with E-state index < -0.39 is 10.0 Å². The van der Waals surface area contributed by atoms with Crippen LogP contribution in [0, 0.1) is 0 Å². The second-order valence-corrected chi connectivity index (χ2v) is 13.8. The minimum atomic E-state index is -3.74. The molecule has 0 N–H and O–H groups in total. The van der Waals surface area contributed by atoms with E-state index in [4.69, 9.17) is 4.74 Å². The van der Waals surface area contributed by atoms with Crippen molar-refractivity contribution in [3.05, 3.63) is 58.2 Å². The normalized spacial score (nSPS) is 21.2. The van der Waals surface area contributed by atoms with Crippen molar-refractivity contribution in [1.82, 2.24) is 13.8 Å². The van der Waals surface area contributed by atoms with E-state index in [0.29, 0.717) is 43.1 Å². The van der Waals surface area contributed by atoms with Crippen molar-refractivity contribution in [2.24, 2.45) is 0 Å². The third-order valence-electron chi connectivity index (χ3n) is 8.37. The molecular formula is C30H33BrN4O5S. The number of nitrogens with zero attached hydrogens (tertiary/aromatic N) is 4. The molecule has 11 heteroatoms. The van der Waals surface area contributed by atoms with Crippen LogP contribution in [0.4, 0.5) is 5.69 Å². The maximum atomic E-state index is 13.5. The first kappa shape index (κ1) is 28.1. The van der Waals surface area contributed by atoms with E-state index in [1.54, 1.807) is 30.1 Å². The number of piperidine rings is 1. The fourth-order valence-corrected chi connectivity index (χ4v) is 7.86. The summed E-state index contributed by atoms with van der Waals surface area (Å²) >= 11 is 3.57. The molecule has 0 aliphatic carbocycles. The Labute approximate surface area is 248 Å². The van der Waals surface area contributed by atoms with Crippen molar-refractivity contribution in [3.8, 4) is 0 Å². The van der Waals surface area contributed by atoms with Gasteiger partial charge in [0.15, 0.2) is 0 Å². The molecule has 41 heavy (non-hydrogen) atoms. The van der Waals surface area contributed by atoms with Crippen LogP contribution < -0.4 is 4.90 Å². The molecule has 0 saturated carbocycles. The third-order valence-corrected chi connectivity index (χ3v) is 10.8. The summed E-state index contributed by atoms with van der Waals surface area (Å²) in [5.41, 5.74) is 3.31. The topological polar surface area (TPSA) is 92.2 Å². The number of benzene rings is 2. The Balaban J connectivity index is 1.40. The number of sulfonamides is 1. The average Bonchev–Trinajstić information content (AvgIpc) is 3.42. The number of ether oxygens (including phenoxy) is 1. The summed E-state index contributed by atoms with van der Waals surface area (Å²) in [6, 6.07) is 11.0. The SMILES string of the molecule is C[C@@H]1CCCCN1C(=O)Cn1cc(/C=C2\C(=O)N(C)c3ccc(S(=O)(=O)N4CCOCC4)cc32)c2cc(Br)ccc21. The number of likely N-dealkylation sites (N-methyl/N-ethyl adjacent to an activating group) is 1. The lowest BCUT2D eigenvalue weighted by atomic mass is 10.0. The van der Waals surface area contributed by atoms with Crippen molar-refractivity contribution in [3.63, 3.8) is 0 Å². The first-order valence-corrected chi connectivity index (χ1v) is 16.2. The Morgan fingerprint density at radius 2 is 1.88 bits per heavy atom. The van der Waals surface area contributed by atoms with Crippen molar-refractivity contribution < 1.29 is 22.7 Å². The number of hydrogen-bond donors (Lipinski definition) is 0. The summed E-state index contributed by atoms with van der Waals surface area (Å²) in [5.74, 6) is -0.133. The minimum absolute atomic E-state index is 0.0798. The van der Waals surface area contributed by atoms with E-state index in [1.807, 2.05) is 39.9 Å². The highest BCUT2D eigenvalue weighted by Gasteiger charge is 2.34. The van der Waals surface area contributed by atoms with Gasteiger partial charge < -0.3 is 19.1 Å². The molecule has 9 nitrogen and oxygen atoms in total. The predicted octanol–water partition coefficient (Wildman–Crippen LogP) is 4.34. The minimum Gasteiger partial charge on any atom is -0.379 e. The molecule has 0 radical (unpaired) electrons. The molecule has 216 valence electrons. The Hall–Kier alpha value is -2.99. The Morgan fingerprint density at radius 3 is 2.63 bits per heavy atom. The smallest absolute Gasteiger partial charge is 0.258 e. The van der Waals surface area contributed by atoms with Crippen LogP contribution in [0.5, 0.6) is 0 Å². The maximum absolute atomic E-state index is 13.5. The predicted molar refractivity (Wildman–Crippen MR) is 162 cm³/mol. The van der Waals surface area contributed by atoms with E-state index in [9.17, 15) is 18.0 Å². The van der Waals surface area contributed by atoms with Crippen molar-refractivity contribution in [2.45, 2.75) is 43.7 Å². The van der Waals surface area contributed by atoms with Crippen LogP contribution in [0.2, 0.25) is 0 Å². The monoisotopic (exact) mass is 640 g/mol. The number of carbonyl (C=O) groups excluding carboxylic acids is 2. The van der Waals surface area contributed by atoms with Crippen LogP contribution in [0.15, 0.2) is 52.0 Å². The van der Waals surface area contributed by atoms with E-state index in [0.717, 1.165) is 46.7 Å². The standard InChI is InChI=1S/C30H33BrN4O5S/c1-20-5-3-4-10-35(20)29(36)19-33-18-21(24-16-22(31)6-8-28(24)33)15-26-25-17-23(7-9-27(25)32(2)30(26)37)41(38,39)34-11-13-40-14-12-34/h6-9,15-18,20H,3-5,10-14,19H2,1-2H3/b26-15-/t20-/m1/s1. The fourth-order valence-electron chi connectivity index (χ4n) is 6.07. The highest BCUT2D eigenvalue weighted by Crippen LogP contribution is 2.40. The highest BCUT2D eigenvalue weighted by atomic mass is 79.9. The lowest BCUT2D eigenvalue weighted by Gasteiger charge is -2.33. The zero-order chi connectivity index (χ0) is 28.9. The van der Waals surface area contributed by atoms with Crippen LogP contribution >= 0.6 is 15.9 Å². The first-order valence-electron chi connectivity index (χ1n) is 13.9. The molecule has 2 fully saturated rings. The van der Waals surface area contributed by atoms with Gasteiger partial charge in [-0.15, -0.1) is 0 Å². The van der Waals surface area contributed by atoms with Crippen molar-refractivity contribution >= 4 is 66.0 Å². The zero-order valence-electron chi connectivity index (χ0n) is 23.2. The number of amides is 2. The van der Waals surface area contributed by atoms with Gasteiger partial charge in [0.1, 0.15) is 6.54 Å². The molecule has 3 aliphatic rings. The number of aromatic nitrogens is 1. The van der Waals surface area contributed by atoms with Crippen LogP contribution in [0.1, 0.15) is 37.3 Å². The molecule has 1 aromatic heterocycles. The van der Waals surface area contributed by atoms with E-state index in [1.165, 1.54) is 4.31 Å². The van der Waals surface area contributed by atoms with Gasteiger partial charge in [-0.1, -0.05) is 15.9 Å². The molecule has 4 heterocycles. The Morgan fingerprint density at radius 1 is 1.10 bits per heavy atom. The number of anilines is 1. The molecule has 2 saturated heterocycles. The summed E-state index contributed by atoms with van der Waals surface area (Å²) in [5, 5.41) is 0.896. The van der Waals surface area contributed by atoms with Crippen LogP contribution in [-0.4, -0.2) is 79.9 Å². The van der Waals surface area contributed by atoms with E-state index in [2.05, 4.69) is 22.9 Å². The molecule has 2 amide bonds. The molecule has 3 aliphatic heterocycles. The molecule has 0 spiro atoms. The van der Waals surface area contributed by atoms with Crippen molar-refractivity contribution in [2.75, 3.05) is 44.8 Å². The van der Waals surface area contributed by atoms with E-state index >= 15 is 0 Å². The molecular weight excluding hydrogens is 608 g/mol. The highest BCUT2D eigenvalue weighted by molar-refractivity contribution is 9.10. The van der Waals surface area contributed by atoms with Gasteiger partial charge >= 0.3 is 0 Å². The number of carbonyl (C=O) groups is 2. The lowest BCUT2D eigenvalue weighted by molar-refractivity contribution is -0.135. The average molecular weight is 642 g/mol. The number of morpholine rings is 1. The Bertz CT molecular complexity index is 1680. The summed E-state index contributed by atoms with van der Waals surface area (Å²) < 4.78 is 36.4. The van der Waals surface area contributed by atoms with Gasteiger partial charge in [0, 0.05) is 71.0 Å². The van der Waals surface area contributed by atoms with Gasteiger partial charge in [-0.2, -0.15) is 4.31 Å². The van der Waals surface area contributed by atoms with Gasteiger partial charge in [-0.05, 0) is 68.7 Å². The summed E-state index contributed by atoms with van der Waals surface area (Å²) in [4.78, 5) is 30.4. The van der Waals surface area contributed by atoms with E-state index in [-0.39, 0.29) is 29.3 Å². The van der Waals surface area contributed by atoms with Crippen LogP contribution in [-0.2, 0) is 30.9 Å². The fraction of sp³-hybridized carbons (Fsp3) is 0.400. The van der Waals surface area contributed by atoms with Crippen LogP contribution in [0.3, 0.4) is 0 Å². The number of likely N-dealkylation sites (tertiary alicyclic amines) is 1. The number of fused-ring (bicyclic) bond motifs is 2. The molecule has 0 bridgehead atoms. The second kappa shape index (κ2) is 11.0. The van der Waals surface area contributed by atoms with Gasteiger partial charge in [-0.3, -0.25) is 9.59 Å². The molecule has 0 unspecified atom stereocenters. The van der Waals surface area contributed by atoms with Gasteiger partial charge in [-0.25, -0.2) is 8.42 Å². The number of rotatable bonds is 5. The summed E-state index contributed by atoms with van der Waals surface area (Å²) in [6.45, 7) is 4.39. The molecule has 6 rings (SSSR count). The Kier molecular flexibility index (Phi) is 7.56. The summed E-state index contributed by atoms with van der Waals surface area (Å²) in [7, 11) is -2.05. The number of halogens is 1. The first-order chi connectivity index (χ1) is 19.6. The largest absolute Gasteiger partial charge is 0.379 e. The third kappa shape index (κ3) is 5.13. The number of hydrogen-bond acceptors (Lipinski definition) is 5. The zero-order valence-corrected chi connectivity index (χ0v) is 25.6. The maximum Gasteiger partial charge on any atom is 0.258 e. The molecule has 3 aromatic rings. The van der Waals surface area contributed by atoms with Gasteiger partial charge in [0.2, 0.25) is 15.9 Å². The lowest BCUT2D eigenvalue weighted by Crippen LogP contribution is -2.43. The second-order valence-electron chi connectivity index (χ2n) is 10.9. The molecule has 2 aromatic carbocycles. The van der Waals surface area contributed by atoms with Crippen LogP contribution in [0.25, 0.3) is 22.6 Å². The van der Waals surface area contributed by atoms with Gasteiger partial charge in [0.05, 0.1) is 23.8 Å². The van der Waals surface area contributed by atoms with Gasteiger partial charge in [0.25, 0.3) is 5.91 Å². The summed E-state index contributed by atoms with van der Waals surface area (Å²) in [6.07, 6.45) is 6.90. The molecule has 1 atom stereocenters. The quantitative estimate of drug-likeness (QED) is 0.387. The van der Waals surface area contributed by atoms with Crippen molar-refractivity contribution in [1.29, 1.82) is 0 Å².